The van der Waals surface area contributed by atoms with Gasteiger partial charge in [0, 0.05) is 43.7 Å². The molecule has 6 heteroatoms. The summed E-state index contributed by atoms with van der Waals surface area (Å²) in [5, 5.41) is 13.6. The zero-order valence-corrected chi connectivity index (χ0v) is 19.5. The summed E-state index contributed by atoms with van der Waals surface area (Å²) in [6.45, 7) is 0.807. The summed E-state index contributed by atoms with van der Waals surface area (Å²) >= 11 is 0. The Morgan fingerprint density at radius 1 is 1.06 bits per heavy atom. The molecule has 2 aliphatic heterocycles. The maximum Gasteiger partial charge on any atom is 0.253 e. The molecule has 174 valence electrons. The van der Waals surface area contributed by atoms with Crippen molar-refractivity contribution in [1.82, 2.24) is 9.80 Å². The van der Waals surface area contributed by atoms with Gasteiger partial charge < -0.3 is 20.2 Å². The number of rotatable bonds is 4. The number of amides is 2. The Morgan fingerprint density at radius 2 is 1.82 bits per heavy atom. The van der Waals surface area contributed by atoms with Gasteiger partial charge in [-0.25, -0.2) is 0 Å². The van der Waals surface area contributed by atoms with Gasteiger partial charge in [-0.2, -0.15) is 0 Å². The van der Waals surface area contributed by atoms with E-state index < -0.39 is 0 Å². The van der Waals surface area contributed by atoms with Crippen LogP contribution in [-0.2, 0) is 4.79 Å². The van der Waals surface area contributed by atoms with Crippen molar-refractivity contribution in [2.75, 3.05) is 32.6 Å². The standard InChI is InChI=1S/C27H33N3O3/c1-29(2)26(32)20-9-5-8-18(14-20)19-10-11-23-22(15-19)25-21(24(16-31)28-23)12-13-30(25)27(33)17-6-3-4-7-17/h5,8-11,14-15,17,21,24-25,28,31H,3-4,6-7,12-13,16H2,1-2H3/t21-,24+,25-/m1/s1. The monoisotopic (exact) mass is 447 g/mol. The van der Waals surface area contributed by atoms with Crippen molar-refractivity contribution in [2.24, 2.45) is 11.8 Å². The van der Waals surface area contributed by atoms with Crippen molar-refractivity contribution < 1.29 is 14.7 Å². The molecule has 0 radical (unpaired) electrons. The fourth-order valence-electron chi connectivity index (χ4n) is 5.99. The summed E-state index contributed by atoms with van der Waals surface area (Å²) in [5.41, 5.74) is 4.79. The van der Waals surface area contributed by atoms with E-state index in [1.165, 1.54) is 0 Å². The lowest BCUT2D eigenvalue weighted by atomic mass is 9.82. The molecule has 0 spiro atoms. The molecule has 2 heterocycles. The highest BCUT2D eigenvalue weighted by atomic mass is 16.3. The van der Waals surface area contributed by atoms with Crippen LogP contribution in [0.5, 0.6) is 0 Å². The summed E-state index contributed by atoms with van der Waals surface area (Å²) < 4.78 is 0. The molecule has 1 saturated carbocycles. The second kappa shape index (κ2) is 8.82. The van der Waals surface area contributed by atoms with Crippen LogP contribution in [0.25, 0.3) is 11.1 Å². The van der Waals surface area contributed by atoms with Crippen LogP contribution in [0.3, 0.4) is 0 Å². The zero-order valence-electron chi connectivity index (χ0n) is 19.5. The number of nitrogens with one attached hydrogen (secondary N) is 1. The third-order valence-corrected chi connectivity index (χ3v) is 7.71. The molecule has 2 aromatic rings. The van der Waals surface area contributed by atoms with Crippen LogP contribution in [0.2, 0.25) is 0 Å². The summed E-state index contributed by atoms with van der Waals surface area (Å²) in [7, 11) is 3.51. The maximum atomic E-state index is 13.4. The number of nitrogens with zero attached hydrogens (tertiary/aromatic N) is 2. The summed E-state index contributed by atoms with van der Waals surface area (Å²) in [4.78, 5) is 29.6. The Labute approximate surface area is 195 Å². The Morgan fingerprint density at radius 3 is 2.55 bits per heavy atom. The molecule has 2 fully saturated rings. The molecular formula is C27H33N3O3. The number of carbonyl (C=O) groups is 2. The predicted molar refractivity (Wildman–Crippen MR) is 129 cm³/mol. The number of anilines is 1. The maximum absolute atomic E-state index is 13.4. The summed E-state index contributed by atoms with van der Waals surface area (Å²) in [5.74, 6) is 0.608. The number of likely N-dealkylation sites (tertiary alicyclic amines) is 1. The van der Waals surface area contributed by atoms with Crippen molar-refractivity contribution in [1.29, 1.82) is 0 Å². The first-order valence-corrected chi connectivity index (χ1v) is 12.1. The lowest BCUT2D eigenvalue weighted by molar-refractivity contribution is -0.136. The summed E-state index contributed by atoms with van der Waals surface area (Å²) in [6, 6.07) is 13.9. The van der Waals surface area contributed by atoms with E-state index in [4.69, 9.17) is 0 Å². The highest BCUT2D eigenvalue weighted by molar-refractivity contribution is 5.95. The Kier molecular flexibility index (Phi) is 5.87. The fourth-order valence-corrected chi connectivity index (χ4v) is 5.99. The molecule has 1 saturated heterocycles. The van der Waals surface area contributed by atoms with Crippen LogP contribution in [-0.4, -0.2) is 60.0 Å². The SMILES string of the molecule is CN(C)C(=O)c1cccc(-c2ccc3c(c2)[C@H]2[C@H](CCN2C(=O)C2CCCC2)[C@H](CO)N3)c1. The van der Waals surface area contributed by atoms with Crippen molar-refractivity contribution in [3.8, 4) is 11.1 Å². The van der Waals surface area contributed by atoms with Gasteiger partial charge in [0.1, 0.15) is 0 Å². The van der Waals surface area contributed by atoms with Crippen LogP contribution in [0.1, 0.15) is 54.1 Å². The van der Waals surface area contributed by atoms with Gasteiger partial charge in [0.15, 0.2) is 0 Å². The number of fused-ring (bicyclic) bond motifs is 3. The molecule has 2 aromatic carbocycles. The number of benzene rings is 2. The smallest absolute Gasteiger partial charge is 0.253 e. The highest BCUT2D eigenvalue weighted by Gasteiger charge is 2.47. The second-order valence-electron chi connectivity index (χ2n) is 9.93. The molecule has 2 amide bonds. The minimum absolute atomic E-state index is 0.0157. The van der Waals surface area contributed by atoms with Crippen LogP contribution in [0, 0.1) is 11.8 Å². The molecule has 2 N–H and O–H groups in total. The van der Waals surface area contributed by atoms with E-state index in [-0.39, 0.29) is 42.3 Å². The molecule has 33 heavy (non-hydrogen) atoms. The second-order valence-corrected chi connectivity index (χ2v) is 9.93. The van der Waals surface area contributed by atoms with Gasteiger partial charge >= 0.3 is 0 Å². The minimum atomic E-state index is -0.0456. The molecule has 0 unspecified atom stereocenters. The van der Waals surface area contributed by atoms with Gasteiger partial charge in [0.05, 0.1) is 18.7 Å². The normalized spacial score (nSPS) is 24.2. The van der Waals surface area contributed by atoms with E-state index in [1.807, 2.05) is 24.3 Å². The Bertz CT molecular complexity index is 1060. The van der Waals surface area contributed by atoms with Crippen LogP contribution in [0.15, 0.2) is 42.5 Å². The average Bonchev–Trinajstić information content (AvgIpc) is 3.53. The van der Waals surface area contributed by atoms with E-state index in [2.05, 4.69) is 28.4 Å². The van der Waals surface area contributed by atoms with Gasteiger partial charge in [-0.1, -0.05) is 31.0 Å². The number of carbonyl (C=O) groups excluding carboxylic acids is 2. The molecule has 3 atom stereocenters. The predicted octanol–water partition coefficient (Wildman–Crippen LogP) is 3.92. The van der Waals surface area contributed by atoms with Crippen molar-refractivity contribution in [3.63, 3.8) is 0 Å². The Hall–Kier alpha value is -2.86. The lowest BCUT2D eigenvalue weighted by Gasteiger charge is -2.40. The first kappa shape index (κ1) is 22.0. The molecule has 1 aliphatic carbocycles. The molecular weight excluding hydrogens is 414 g/mol. The Balaban J connectivity index is 1.53. The minimum Gasteiger partial charge on any atom is -0.394 e. The number of hydrogen-bond acceptors (Lipinski definition) is 4. The largest absolute Gasteiger partial charge is 0.394 e. The van der Waals surface area contributed by atoms with E-state index in [0.29, 0.717) is 5.56 Å². The van der Waals surface area contributed by atoms with E-state index >= 15 is 0 Å². The molecule has 0 bridgehead atoms. The number of hydrogen-bond donors (Lipinski definition) is 2. The lowest BCUT2D eigenvalue weighted by Crippen LogP contribution is -2.44. The molecule has 5 rings (SSSR count). The first-order chi connectivity index (χ1) is 16.0. The van der Waals surface area contributed by atoms with Crippen LogP contribution < -0.4 is 5.32 Å². The molecule has 3 aliphatic rings. The van der Waals surface area contributed by atoms with Crippen molar-refractivity contribution in [2.45, 2.75) is 44.2 Å². The molecule has 0 aromatic heterocycles. The van der Waals surface area contributed by atoms with Crippen LogP contribution in [0.4, 0.5) is 5.69 Å². The zero-order chi connectivity index (χ0) is 23.1. The van der Waals surface area contributed by atoms with Gasteiger partial charge in [0.25, 0.3) is 5.91 Å². The fraction of sp³-hybridized carbons (Fsp3) is 0.481. The number of aliphatic hydroxyl groups is 1. The van der Waals surface area contributed by atoms with Gasteiger partial charge in [0.2, 0.25) is 5.91 Å². The van der Waals surface area contributed by atoms with Crippen LogP contribution >= 0.6 is 0 Å². The van der Waals surface area contributed by atoms with E-state index in [0.717, 1.165) is 61.0 Å². The topological polar surface area (TPSA) is 72.9 Å². The third-order valence-electron chi connectivity index (χ3n) is 7.71. The van der Waals surface area contributed by atoms with E-state index in [1.54, 1.807) is 19.0 Å². The van der Waals surface area contributed by atoms with Crippen molar-refractivity contribution >= 4 is 17.5 Å². The van der Waals surface area contributed by atoms with Crippen molar-refractivity contribution in [3.05, 3.63) is 53.6 Å². The van der Waals surface area contributed by atoms with Gasteiger partial charge in [-0.3, -0.25) is 9.59 Å². The summed E-state index contributed by atoms with van der Waals surface area (Å²) in [6.07, 6.45) is 5.17. The van der Waals surface area contributed by atoms with Gasteiger partial charge in [-0.15, -0.1) is 0 Å². The highest BCUT2D eigenvalue weighted by Crippen LogP contribution is 2.48. The first-order valence-electron chi connectivity index (χ1n) is 12.1. The third kappa shape index (κ3) is 3.90. The van der Waals surface area contributed by atoms with E-state index in [9.17, 15) is 14.7 Å². The molecule has 6 nitrogen and oxygen atoms in total. The van der Waals surface area contributed by atoms with Gasteiger partial charge in [-0.05, 0) is 60.2 Å². The average molecular weight is 448 g/mol. The quantitative estimate of drug-likeness (QED) is 0.745. The number of aliphatic hydroxyl groups excluding tert-OH is 1.